The van der Waals surface area contributed by atoms with Crippen molar-refractivity contribution in [2.24, 2.45) is 11.8 Å². The molecule has 5 atom stereocenters. The molecule has 5 aliphatic rings. The summed E-state index contributed by atoms with van der Waals surface area (Å²) in [6.45, 7) is 4.77. The normalized spacial score (nSPS) is 35.2. The highest BCUT2D eigenvalue weighted by Gasteiger charge is 2.75. The van der Waals surface area contributed by atoms with Crippen LogP contribution in [0.3, 0.4) is 0 Å². The van der Waals surface area contributed by atoms with Gasteiger partial charge in [-0.3, -0.25) is 19.3 Å². The van der Waals surface area contributed by atoms with Gasteiger partial charge in [-0.05, 0) is 70.0 Å². The van der Waals surface area contributed by atoms with Gasteiger partial charge in [0.2, 0.25) is 11.8 Å². The Bertz CT molecular complexity index is 1150. The van der Waals surface area contributed by atoms with Gasteiger partial charge >= 0.3 is 0 Å². The zero-order valence-corrected chi connectivity index (χ0v) is 20.4. The maximum atomic E-state index is 13.8. The number of hydrogen-bond acceptors (Lipinski definition) is 7. The first-order valence-corrected chi connectivity index (χ1v) is 12.6. The fourth-order valence-electron chi connectivity index (χ4n) is 7.29. The number of aromatic hydroxyl groups is 1. The average Bonchev–Trinajstić information content (AvgIpc) is 3.55. The highest BCUT2D eigenvalue weighted by Crippen LogP contribution is 2.65. The van der Waals surface area contributed by atoms with Gasteiger partial charge in [0.1, 0.15) is 11.5 Å². The number of likely N-dealkylation sites (tertiary alicyclic amines) is 1. The Morgan fingerprint density at radius 3 is 2.71 bits per heavy atom. The van der Waals surface area contributed by atoms with Gasteiger partial charge in [0.15, 0.2) is 23.4 Å². The van der Waals surface area contributed by atoms with Gasteiger partial charge in [-0.15, -0.1) is 0 Å². The van der Waals surface area contributed by atoms with Crippen molar-refractivity contribution in [1.82, 2.24) is 15.5 Å². The number of phenols is 1. The van der Waals surface area contributed by atoms with E-state index in [9.17, 15) is 24.6 Å². The quantitative estimate of drug-likeness (QED) is 0.446. The van der Waals surface area contributed by atoms with E-state index in [0.29, 0.717) is 18.8 Å². The molecule has 6 rings (SSSR count). The summed E-state index contributed by atoms with van der Waals surface area (Å²) in [6, 6.07) is 3.21. The van der Waals surface area contributed by atoms with Crippen LogP contribution >= 0.6 is 0 Å². The van der Waals surface area contributed by atoms with Crippen LogP contribution in [-0.4, -0.2) is 76.1 Å². The topological polar surface area (TPSA) is 128 Å². The van der Waals surface area contributed by atoms with Crippen LogP contribution in [0.15, 0.2) is 12.1 Å². The molecule has 2 heterocycles. The molecular formula is C26H33N3O6. The summed E-state index contributed by atoms with van der Waals surface area (Å²) in [7, 11) is 1.49. The van der Waals surface area contributed by atoms with Crippen molar-refractivity contribution in [3.8, 4) is 11.5 Å². The summed E-state index contributed by atoms with van der Waals surface area (Å²) in [4.78, 5) is 41.9. The molecule has 2 bridgehead atoms. The standard InChI is InChI=1S/C26H33N3O6/c1-24(2,23(33)27-3)28-22(32)15-11-26(34)17-10-14-6-7-16(30)20-18(14)25(26,21(35-20)19(15)31)8-9-29(17)12-13-4-5-13/h6-7,13,15,17,21,30,34H,4-5,8-12H2,1-3H3,(H,27,33)(H,28,32)/t15?,17-,21+,25+,26-/m1/s1. The Kier molecular flexibility index (Phi) is 4.69. The van der Waals surface area contributed by atoms with Gasteiger partial charge in [-0.2, -0.15) is 0 Å². The minimum Gasteiger partial charge on any atom is -0.504 e. The molecular weight excluding hydrogens is 450 g/mol. The number of phenolic OH excluding ortho intramolecular Hbond substituents is 1. The summed E-state index contributed by atoms with van der Waals surface area (Å²) in [5.41, 5.74) is -1.87. The fraction of sp³-hybridized carbons (Fsp3) is 0.654. The summed E-state index contributed by atoms with van der Waals surface area (Å²) in [6.07, 6.45) is 2.35. The Morgan fingerprint density at radius 1 is 1.29 bits per heavy atom. The predicted octanol–water partition coefficient (Wildman–Crippen LogP) is 0.392. The van der Waals surface area contributed by atoms with Gasteiger partial charge in [-0.25, -0.2) is 0 Å². The number of ketones is 1. The minimum absolute atomic E-state index is 0.0400. The second-order valence-corrected chi connectivity index (χ2v) is 11.6. The Morgan fingerprint density at radius 2 is 2.03 bits per heavy atom. The van der Waals surface area contributed by atoms with E-state index < -0.39 is 40.3 Å². The lowest BCUT2D eigenvalue weighted by molar-refractivity contribution is -0.198. The van der Waals surface area contributed by atoms with Gasteiger partial charge in [-0.1, -0.05) is 6.07 Å². The molecule has 0 radical (unpaired) electrons. The molecule has 2 saturated carbocycles. The number of rotatable bonds is 5. The Balaban J connectivity index is 1.44. The number of benzene rings is 1. The van der Waals surface area contributed by atoms with Crippen molar-refractivity contribution < 1.29 is 29.3 Å². The van der Waals surface area contributed by atoms with Crippen LogP contribution in [0, 0.1) is 11.8 Å². The molecule has 9 heteroatoms. The largest absolute Gasteiger partial charge is 0.504 e. The molecule has 1 aromatic rings. The number of piperidine rings is 1. The molecule has 2 aliphatic heterocycles. The lowest BCUT2D eigenvalue weighted by Crippen LogP contribution is -2.78. The number of Topliss-reactive ketones (excluding diaryl/α,β-unsaturated/α-hetero) is 1. The van der Waals surface area contributed by atoms with Gasteiger partial charge in [0.25, 0.3) is 0 Å². The SMILES string of the molecule is CNC(=O)C(C)(C)NC(=O)C1C[C@@]2(O)[C@H]3Cc4ccc(O)c5c4[C@@]2(CCN3CC2CC2)[C@@H](O5)C1=O. The number of carbonyl (C=O) groups is 3. The first-order chi connectivity index (χ1) is 16.5. The molecule has 1 spiro atoms. The van der Waals surface area contributed by atoms with Crippen molar-refractivity contribution in [2.75, 3.05) is 20.1 Å². The van der Waals surface area contributed by atoms with Crippen LogP contribution in [0.2, 0.25) is 0 Å². The number of amides is 2. The number of aliphatic hydroxyl groups is 1. The van der Waals surface area contributed by atoms with Crippen molar-refractivity contribution >= 4 is 17.6 Å². The number of nitrogens with zero attached hydrogens (tertiary/aromatic N) is 1. The van der Waals surface area contributed by atoms with E-state index in [2.05, 4.69) is 15.5 Å². The van der Waals surface area contributed by atoms with Crippen molar-refractivity contribution in [1.29, 1.82) is 0 Å². The van der Waals surface area contributed by atoms with Crippen molar-refractivity contribution in [2.45, 2.75) is 74.7 Å². The third kappa shape index (κ3) is 2.91. The van der Waals surface area contributed by atoms with Gasteiger partial charge in [0.05, 0.1) is 11.0 Å². The second-order valence-electron chi connectivity index (χ2n) is 11.6. The molecule has 2 amide bonds. The summed E-state index contributed by atoms with van der Waals surface area (Å²) in [5.74, 6) is -1.70. The molecule has 0 aromatic heterocycles. The average molecular weight is 484 g/mol. The molecule has 188 valence electrons. The predicted molar refractivity (Wildman–Crippen MR) is 125 cm³/mol. The highest BCUT2D eigenvalue weighted by molar-refractivity contribution is 6.07. The molecule has 3 aliphatic carbocycles. The lowest BCUT2D eigenvalue weighted by atomic mass is 9.47. The number of carbonyl (C=O) groups excluding carboxylic acids is 3. The van der Waals surface area contributed by atoms with E-state index in [1.165, 1.54) is 19.9 Å². The van der Waals surface area contributed by atoms with E-state index in [0.717, 1.165) is 24.2 Å². The Labute approximate surface area is 204 Å². The first-order valence-electron chi connectivity index (χ1n) is 12.6. The van der Waals surface area contributed by atoms with E-state index in [1.54, 1.807) is 19.9 Å². The van der Waals surface area contributed by atoms with E-state index in [-0.39, 0.29) is 29.9 Å². The van der Waals surface area contributed by atoms with Crippen LogP contribution in [0.5, 0.6) is 11.5 Å². The molecule has 1 aromatic carbocycles. The summed E-state index contributed by atoms with van der Waals surface area (Å²) in [5, 5.41) is 28.4. The lowest BCUT2D eigenvalue weighted by Gasteiger charge is -2.63. The zero-order chi connectivity index (χ0) is 24.9. The third-order valence-electron chi connectivity index (χ3n) is 9.18. The maximum Gasteiger partial charge on any atom is 0.244 e. The maximum absolute atomic E-state index is 13.8. The molecule has 35 heavy (non-hydrogen) atoms. The van der Waals surface area contributed by atoms with Gasteiger partial charge < -0.3 is 25.6 Å². The number of ether oxygens (including phenoxy) is 1. The van der Waals surface area contributed by atoms with E-state index in [4.69, 9.17) is 4.74 Å². The number of nitrogens with one attached hydrogen (secondary N) is 2. The second kappa shape index (κ2) is 7.20. The number of likely N-dealkylation sites (N-methyl/N-ethyl adjacent to an activating group) is 1. The van der Waals surface area contributed by atoms with Gasteiger partial charge in [0, 0.05) is 25.2 Å². The van der Waals surface area contributed by atoms with Crippen LogP contribution in [0.4, 0.5) is 0 Å². The van der Waals surface area contributed by atoms with Crippen LogP contribution in [-0.2, 0) is 26.2 Å². The zero-order valence-electron chi connectivity index (χ0n) is 20.4. The molecule has 1 saturated heterocycles. The third-order valence-corrected chi connectivity index (χ3v) is 9.18. The van der Waals surface area contributed by atoms with Crippen LogP contribution in [0.25, 0.3) is 0 Å². The molecule has 9 nitrogen and oxygen atoms in total. The smallest absolute Gasteiger partial charge is 0.244 e. The first kappa shape index (κ1) is 22.8. The monoisotopic (exact) mass is 483 g/mol. The molecule has 3 fully saturated rings. The summed E-state index contributed by atoms with van der Waals surface area (Å²) >= 11 is 0. The van der Waals surface area contributed by atoms with Crippen molar-refractivity contribution in [3.63, 3.8) is 0 Å². The molecule has 1 unspecified atom stereocenters. The Hall–Kier alpha value is -2.65. The van der Waals surface area contributed by atoms with Crippen molar-refractivity contribution in [3.05, 3.63) is 23.3 Å². The van der Waals surface area contributed by atoms with Crippen LogP contribution in [0.1, 0.15) is 50.7 Å². The number of hydrogen-bond donors (Lipinski definition) is 4. The summed E-state index contributed by atoms with van der Waals surface area (Å²) < 4.78 is 6.16. The van der Waals surface area contributed by atoms with E-state index >= 15 is 0 Å². The minimum atomic E-state index is -1.38. The fourth-order valence-corrected chi connectivity index (χ4v) is 7.29. The van der Waals surface area contributed by atoms with Crippen LogP contribution < -0.4 is 15.4 Å². The molecule has 4 N–H and O–H groups in total. The van der Waals surface area contributed by atoms with E-state index in [1.807, 2.05) is 6.07 Å². The highest BCUT2D eigenvalue weighted by atomic mass is 16.5.